The van der Waals surface area contributed by atoms with E-state index in [2.05, 4.69) is 72.8 Å². The van der Waals surface area contributed by atoms with Crippen LogP contribution in [0.2, 0.25) is 0 Å². The van der Waals surface area contributed by atoms with Gasteiger partial charge in [-0.25, -0.2) is 0 Å². The average Bonchev–Trinajstić information content (AvgIpc) is 2.95. The molecule has 0 aliphatic carbocycles. The van der Waals surface area contributed by atoms with E-state index in [9.17, 15) is 0 Å². The molecular weight excluding hydrogens is 675 g/mol. The number of hydrogen-bond donors (Lipinski definition) is 0. The summed E-state index contributed by atoms with van der Waals surface area (Å²) in [7, 11) is 0. The van der Waals surface area contributed by atoms with E-state index in [1.807, 2.05) is 104 Å². The third-order valence-corrected chi connectivity index (χ3v) is 3.65. The summed E-state index contributed by atoms with van der Waals surface area (Å²) in [5, 5.41) is 0. The van der Waals surface area contributed by atoms with Crippen LogP contribution in [0.15, 0.2) is 109 Å². The summed E-state index contributed by atoms with van der Waals surface area (Å²) in [6.45, 7) is 16.0. The van der Waals surface area contributed by atoms with Crippen molar-refractivity contribution in [3.05, 3.63) is 129 Å². The van der Waals surface area contributed by atoms with Crippen LogP contribution in [0.1, 0.15) is 62.8 Å². The Morgan fingerprint density at radius 2 is 0.622 bits per heavy atom. The van der Waals surface area contributed by atoms with Gasteiger partial charge in [0.05, 0.1) is 0 Å². The van der Waals surface area contributed by atoms with Gasteiger partial charge in [-0.05, 0) is 16.7 Å². The normalized spacial score (nSPS) is 6.92. The molecule has 0 fully saturated rings. The number of benzene rings is 4. The molecule has 0 heterocycles. The van der Waals surface area contributed by atoms with E-state index in [1.165, 1.54) is 22.3 Å². The predicted molar refractivity (Wildman–Crippen MR) is 160 cm³/mol. The molecule has 0 bridgehead atoms. The van der Waals surface area contributed by atoms with Gasteiger partial charge in [0, 0.05) is 98.1 Å². The van der Waals surface area contributed by atoms with Gasteiger partial charge in [0.2, 0.25) is 0 Å². The Hall–Kier alpha value is 0.192. The SMILES string of the molecule is C.CC.CC.CC.CC.[CH3-].[Y].[Y].[Y].[c-]1ccc(-c2ccc(-c3ccccc3)cc2)cc1.[c-]1ccccc1. The van der Waals surface area contributed by atoms with Gasteiger partial charge in [0.15, 0.2) is 0 Å². The maximum absolute atomic E-state index is 3.04. The molecule has 0 unspecified atom stereocenters. The molecule has 197 valence electrons. The molecule has 0 aliphatic heterocycles. The summed E-state index contributed by atoms with van der Waals surface area (Å²) in [6.07, 6.45) is 0. The molecule has 0 nitrogen and oxygen atoms in total. The van der Waals surface area contributed by atoms with Crippen LogP contribution >= 0.6 is 0 Å². The fraction of sp³-hybridized carbons (Fsp3) is 0.265. The molecule has 4 aromatic carbocycles. The van der Waals surface area contributed by atoms with Crippen LogP contribution in [0.3, 0.4) is 0 Å². The summed E-state index contributed by atoms with van der Waals surface area (Å²) in [4.78, 5) is 0. The van der Waals surface area contributed by atoms with Crippen LogP contribution < -0.4 is 0 Å². The van der Waals surface area contributed by atoms with Gasteiger partial charge in [0.25, 0.3) is 0 Å². The van der Waals surface area contributed by atoms with E-state index in [1.54, 1.807) is 0 Å². The Labute approximate surface area is 307 Å². The second kappa shape index (κ2) is 43.3. The quantitative estimate of drug-likeness (QED) is 0.181. The smallest absolute Gasteiger partial charge is 0 e. The first-order valence-corrected chi connectivity index (χ1v) is 12.0. The van der Waals surface area contributed by atoms with Gasteiger partial charge in [-0.15, -0.1) is 5.56 Å². The van der Waals surface area contributed by atoms with E-state index in [-0.39, 0.29) is 113 Å². The van der Waals surface area contributed by atoms with Crippen molar-refractivity contribution in [2.75, 3.05) is 0 Å². The minimum absolute atomic E-state index is 0. The molecular formula is C34H49Y3-3. The summed E-state index contributed by atoms with van der Waals surface area (Å²) in [6, 6.07) is 42.7. The van der Waals surface area contributed by atoms with Gasteiger partial charge >= 0.3 is 0 Å². The number of rotatable bonds is 2. The van der Waals surface area contributed by atoms with Crippen LogP contribution in [0.4, 0.5) is 0 Å². The molecule has 0 saturated heterocycles. The van der Waals surface area contributed by atoms with Crippen molar-refractivity contribution in [3.8, 4) is 22.3 Å². The fourth-order valence-electron chi connectivity index (χ4n) is 2.41. The summed E-state index contributed by atoms with van der Waals surface area (Å²) in [5.41, 5.74) is 4.98. The van der Waals surface area contributed by atoms with Crippen molar-refractivity contribution < 1.29 is 98.1 Å². The van der Waals surface area contributed by atoms with E-state index < -0.39 is 0 Å². The second-order valence-electron chi connectivity index (χ2n) is 5.31. The van der Waals surface area contributed by atoms with Gasteiger partial charge in [-0.2, -0.15) is 66.7 Å². The average molecular weight is 724 g/mol. The van der Waals surface area contributed by atoms with E-state index in [0.717, 1.165) is 0 Å². The van der Waals surface area contributed by atoms with Crippen molar-refractivity contribution in [1.29, 1.82) is 0 Å². The van der Waals surface area contributed by atoms with Crippen LogP contribution in [-0.4, -0.2) is 0 Å². The van der Waals surface area contributed by atoms with Crippen molar-refractivity contribution in [3.63, 3.8) is 0 Å². The van der Waals surface area contributed by atoms with Gasteiger partial charge in [0.1, 0.15) is 0 Å². The molecule has 0 amide bonds. The summed E-state index contributed by atoms with van der Waals surface area (Å²) < 4.78 is 0. The van der Waals surface area contributed by atoms with Crippen molar-refractivity contribution >= 4 is 0 Å². The Balaban J connectivity index is -0.0000000816. The minimum atomic E-state index is 0. The molecule has 3 radical (unpaired) electrons. The maximum Gasteiger partial charge on any atom is 0 e. The summed E-state index contributed by atoms with van der Waals surface area (Å²) >= 11 is 0. The zero-order valence-electron chi connectivity index (χ0n) is 24.1. The van der Waals surface area contributed by atoms with Gasteiger partial charge in [-0.1, -0.05) is 117 Å². The molecule has 0 N–H and O–H groups in total. The molecule has 0 aliphatic rings. The molecule has 4 rings (SSSR count). The Bertz CT molecular complexity index is 747. The molecule has 0 spiro atoms. The molecule has 0 saturated carbocycles. The molecule has 4 aromatic rings. The first-order valence-electron chi connectivity index (χ1n) is 12.0. The first-order chi connectivity index (χ1) is 15.9. The molecule has 3 heteroatoms. The van der Waals surface area contributed by atoms with E-state index in [4.69, 9.17) is 0 Å². The van der Waals surface area contributed by atoms with Crippen molar-refractivity contribution in [1.82, 2.24) is 0 Å². The third-order valence-electron chi connectivity index (χ3n) is 3.65. The third kappa shape index (κ3) is 26.2. The Kier molecular flexibility index (Phi) is 62.5. The molecule has 0 aromatic heterocycles. The topological polar surface area (TPSA) is 0 Å². The molecule has 0 atom stereocenters. The standard InChI is InChI=1S/C18H13.C6H5.4C2H6.CH4.CH3.3Y/c1-3-7-15(8-4-1)17-11-13-18(14-12-17)16-9-5-2-6-10-16;1-2-4-6-5-3-1;4*1-2;;;;;/h1,3-14H;1-5H;4*1-2H3;1H4;1H3;;;/q2*-1;;;;;;-1;;;. The van der Waals surface area contributed by atoms with E-state index >= 15 is 0 Å². The van der Waals surface area contributed by atoms with Gasteiger partial charge in [-0.3, -0.25) is 0 Å². The predicted octanol–water partition coefficient (Wildman–Crippen LogP) is 11.5. The largest absolute Gasteiger partial charge is 0.358 e. The molecule has 37 heavy (non-hydrogen) atoms. The zero-order chi connectivity index (χ0) is 24.5. The summed E-state index contributed by atoms with van der Waals surface area (Å²) in [5.74, 6) is 0. The first kappa shape index (κ1) is 53.4. The van der Waals surface area contributed by atoms with Crippen LogP contribution in [-0.2, 0) is 98.1 Å². The van der Waals surface area contributed by atoms with E-state index in [0.29, 0.717) is 0 Å². The Morgan fingerprint density at radius 3 is 0.919 bits per heavy atom. The zero-order valence-corrected chi connectivity index (χ0v) is 32.6. The number of hydrogen-bond acceptors (Lipinski definition) is 0. The van der Waals surface area contributed by atoms with Crippen LogP contribution in [0.5, 0.6) is 0 Å². The monoisotopic (exact) mass is 724 g/mol. The Morgan fingerprint density at radius 1 is 0.351 bits per heavy atom. The second-order valence-corrected chi connectivity index (χ2v) is 5.31. The van der Waals surface area contributed by atoms with Crippen LogP contribution in [0, 0.1) is 19.6 Å². The fourth-order valence-corrected chi connectivity index (χ4v) is 2.41. The minimum Gasteiger partial charge on any atom is -0.358 e. The van der Waals surface area contributed by atoms with Crippen LogP contribution in [0.25, 0.3) is 22.3 Å². The van der Waals surface area contributed by atoms with Gasteiger partial charge < -0.3 is 7.43 Å². The van der Waals surface area contributed by atoms with Crippen molar-refractivity contribution in [2.45, 2.75) is 62.8 Å². The maximum atomic E-state index is 3.04. The van der Waals surface area contributed by atoms with Crippen molar-refractivity contribution in [2.24, 2.45) is 0 Å².